The van der Waals surface area contributed by atoms with Gasteiger partial charge in [0.2, 0.25) is 5.76 Å². The van der Waals surface area contributed by atoms with Crippen LogP contribution in [0.2, 0.25) is 0 Å². The summed E-state index contributed by atoms with van der Waals surface area (Å²) in [5.41, 5.74) is 3.24. The Hall–Kier alpha value is -2.82. The van der Waals surface area contributed by atoms with Crippen LogP contribution in [0.4, 0.5) is 0 Å². The lowest BCUT2D eigenvalue weighted by Crippen LogP contribution is -2.06. The Labute approximate surface area is 127 Å². The van der Waals surface area contributed by atoms with Crippen LogP contribution >= 0.6 is 0 Å². The van der Waals surface area contributed by atoms with Crippen molar-refractivity contribution in [1.29, 1.82) is 0 Å². The van der Waals surface area contributed by atoms with Crippen molar-refractivity contribution in [2.24, 2.45) is 0 Å². The molecule has 0 unspecified atom stereocenters. The number of aryl methyl sites for hydroxylation is 2. The summed E-state index contributed by atoms with van der Waals surface area (Å²) in [5, 5.41) is 3.86. The highest BCUT2D eigenvalue weighted by atomic mass is 16.5. The molecule has 0 N–H and O–H groups in total. The van der Waals surface area contributed by atoms with Gasteiger partial charge in [0, 0.05) is 6.07 Å². The largest absolute Gasteiger partial charge is 0.461 e. The van der Waals surface area contributed by atoms with Crippen molar-refractivity contribution < 1.29 is 18.5 Å². The topological polar surface area (TPSA) is 65.5 Å². The number of ether oxygens (including phenoxy) is 1. The number of carbonyl (C=O) groups excluding carboxylic acids is 1. The van der Waals surface area contributed by atoms with E-state index >= 15 is 0 Å². The predicted molar refractivity (Wildman–Crippen MR) is 79.2 cm³/mol. The zero-order valence-corrected chi connectivity index (χ0v) is 12.3. The van der Waals surface area contributed by atoms with Gasteiger partial charge in [-0.15, -0.1) is 0 Å². The first kappa shape index (κ1) is 14.1. The predicted octanol–water partition coefficient (Wildman–Crippen LogP) is 3.91. The lowest BCUT2D eigenvalue weighted by Gasteiger charge is -2.05. The Morgan fingerprint density at radius 2 is 2.00 bits per heavy atom. The summed E-state index contributed by atoms with van der Waals surface area (Å²) in [6.45, 7) is 4.01. The second-order valence-corrected chi connectivity index (χ2v) is 5.03. The second-order valence-electron chi connectivity index (χ2n) is 5.03. The monoisotopic (exact) mass is 297 g/mol. The molecule has 0 spiro atoms. The Bertz CT molecular complexity index is 787. The second kappa shape index (κ2) is 5.89. The van der Waals surface area contributed by atoms with Gasteiger partial charge in [0.25, 0.3) is 0 Å². The highest BCUT2D eigenvalue weighted by Gasteiger charge is 2.12. The van der Waals surface area contributed by atoms with Gasteiger partial charge in [0.05, 0.1) is 11.8 Å². The van der Waals surface area contributed by atoms with Crippen molar-refractivity contribution in [3.8, 4) is 11.5 Å². The summed E-state index contributed by atoms with van der Waals surface area (Å²) in [6, 6.07) is 10.7. The van der Waals surface area contributed by atoms with E-state index in [9.17, 15) is 4.79 Å². The van der Waals surface area contributed by atoms with Crippen molar-refractivity contribution in [2.45, 2.75) is 20.5 Å². The highest BCUT2D eigenvalue weighted by molar-refractivity contribution is 5.89. The molecule has 2 heterocycles. The number of rotatable bonds is 4. The van der Waals surface area contributed by atoms with Crippen LogP contribution in [0.1, 0.15) is 27.2 Å². The van der Waals surface area contributed by atoms with Crippen molar-refractivity contribution in [2.75, 3.05) is 0 Å². The Morgan fingerprint density at radius 1 is 1.14 bits per heavy atom. The normalized spacial score (nSPS) is 10.6. The molecule has 22 heavy (non-hydrogen) atoms. The minimum atomic E-state index is -0.384. The summed E-state index contributed by atoms with van der Waals surface area (Å²) in [4.78, 5) is 12.0. The number of aromatic nitrogens is 1. The Morgan fingerprint density at radius 3 is 2.73 bits per heavy atom. The molecule has 0 aliphatic rings. The van der Waals surface area contributed by atoms with Crippen molar-refractivity contribution >= 4 is 5.97 Å². The van der Waals surface area contributed by atoms with Gasteiger partial charge >= 0.3 is 5.97 Å². The van der Waals surface area contributed by atoms with E-state index in [0.29, 0.717) is 22.8 Å². The standard InChI is InChI=1S/C17H15NO4/c1-11-5-6-13(8-12(11)2)17(19)21-10-14-9-16(22-18-14)15-4-3-7-20-15/h3-9H,10H2,1-2H3. The molecule has 0 saturated heterocycles. The maximum absolute atomic E-state index is 12.0. The summed E-state index contributed by atoms with van der Waals surface area (Å²) in [7, 11) is 0. The average molecular weight is 297 g/mol. The SMILES string of the molecule is Cc1ccc(C(=O)OCc2cc(-c3ccco3)on2)cc1C. The lowest BCUT2D eigenvalue weighted by atomic mass is 10.1. The fraction of sp³-hybridized carbons (Fsp3) is 0.176. The fourth-order valence-corrected chi connectivity index (χ4v) is 2.01. The van der Waals surface area contributed by atoms with Gasteiger partial charge in [-0.05, 0) is 49.2 Å². The maximum Gasteiger partial charge on any atom is 0.338 e. The Balaban J connectivity index is 1.65. The van der Waals surface area contributed by atoms with E-state index in [1.807, 2.05) is 26.0 Å². The number of esters is 1. The van der Waals surface area contributed by atoms with E-state index in [0.717, 1.165) is 11.1 Å². The first-order valence-corrected chi connectivity index (χ1v) is 6.87. The van der Waals surface area contributed by atoms with Gasteiger partial charge in [-0.1, -0.05) is 11.2 Å². The van der Waals surface area contributed by atoms with Gasteiger partial charge in [-0.25, -0.2) is 4.79 Å². The third-order valence-electron chi connectivity index (χ3n) is 3.42. The zero-order valence-electron chi connectivity index (χ0n) is 12.3. The smallest absolute Gasteiger partial charge is 0.338 e. The van der Waals surface area contributed by atoms with Crippen LogP contribution in [-0.2, 0) is 11.3 Å². The fourth-order valence-electron chi connectivity index (χ4n) is 2.01. The van der Waals surface area contributed by atoms with Gasteiger partial charge in [-0.2, -0.15) is 0 Å². The molecule has 5 heteroatoms. The first-order valence-electron chi connectivity index (χ1n) is 6.87. The van der Waals surface area contributed by atoms with Crippen LogP contribution in [0.5, 0.6) is 0 Å². The van der Waals surface area contributed by atoms with E-state index in [2.05, 4.69) is 5.16 Å². The van der Waals surface area contributed by atoms with Gasteiger partial charge in [0.1, 0.15) is 12.3 Å². The molecule has 112 valence electrons. The molecule has 5 nitrogen and oxygen atoms in total. The molecule has 0 aliphatic carbocycles. The Kier molecular flexibility index (Phi) is 3.78. The summed E-state index contributed by atoms with van der Waals surface area (Å²) < 4.78 is 15.6. The van der Waals surface area contributed by atoms with Crippen LogP contribution in [-0.4, -0.2) is 11.1 Å². The molecule has 0 bridgehead atoms. The summed E-state index contributed by atoms with van der Waals surface area (Å²) >= 11 is 0. The minimum absolute atomic E-state index is 0.0516. The highest BCUT2D eigenvalue weighted by Crippen LogP contribution is 2.21. The maximum atomic E-state index is 12.0. The number of hydrogen-bond acceptors (Lipinski definition) is 5. The quantitative estimate of drug-likeness (QED) is 0.683. The average Bonchev–Trinajstić information content (AvgIpc) is 3.18. The molecule has 1 aromatic carbocycles. The van der Waals surface area contributed by atoms with Gasteiger partial charge in [-0.3, -0.25) is 0 Å². The van der Waals surface area contributed by atoms with E-state index in [-0.39, 0.29) is 12.6 Å². The third-order valence-corrected chi connectivity index (χ3v) is 3.42. The van der Waals surface area contributed by atoms with Gasteiger partial charge in [0.15, 0.2) is 5.76 Å². The van der Waals surface area contributed by atoms with Crippen LogP contribution in [0.25, 0.3) is 11.5 Å². The van der Waals surface area contributed by atoms with Gasteiger partial charge < -0.3 is 13.7 Å². The molecule has 2 aromatic heterocycles. The lowest BCUT2D eigenvalue weighted by molar-refractivity contribution is 0.0464. The molecule has 0 aliphatic heterocycles. The molecular formula is C17H15NO4. The molecule has 0 atom stereocenters. The molecule has 0 saturated carbocycles. The third kappa shape index (κ3) is 2.93. The van der Waals surface area contributed by atoms with E-state index < -0.39 is 0 Å². The number of benzene rings is 1. The van der Waals surface area contributed by atoms with Crippen LogP contribution in [0, 0.1) is 13.8 Å². The van der Waals surface area contributed by atoms with Crippen LogP contribution < -0.4 is 0 Å². The number of carbonyl (C=O) groups is 1. The van der Waals surface area contributed by atoms with E-state index in [4.69, 9.17) is 13.7 Å². The summed E-state index contributed by atoms with van der Waals surface area (Å²) in [6.07, 6.45) is 1.55. The minimum Gasteiger partial charge on any atom is -0.461 e. The van der Waals surface area contributed by atoms with E-state index in [1.54, 1.807) is 30.5 Å². The van der Waals surface area contributed by atoms with Crippen molar-refractivity contribution in [3.05, 3.63) is 65.0 Å². The zero-order chi connectivity index (χ0) is 15.5. The molecule has 0 fully saturated rings. The number of nitrogens with zero attached hydrogens (tertiary/aromatic N) is 1. The molecule has 0 radical (unpaired) electrons. The van der Waals surface area contributed by atoms with Crippen molar-refractivity contribution in [1.82, 2.24) is 5.16 Å². The summed E-state index contributed by atoms with van der Waals surface area (Å²) in [5.74, 6) is 0.701. The molecule has 3 rings (SSSR count). The molecule has 0 amide bonds. The molecule has 3 aromatic rings. The van der Waals surface area contributed by atoms with Crippen molar-refractivity contribution in [3.63, 3.8) is 0 Å². The van der Waals surface area contributed by atoms with E-state index in [1.165, 1.54) is 0 Å². The first-order chi connectivity index (χ1) is 10.6. The van der Waals surface area contributed by atoms with Crippen LogP contribution in [0.3, 0.4) is 0 Å². The van der Waals surface area contributed by atoms with Crippen LogP contribution in [0.15, 0.2) is 51.6 Å². The number of hydrogen-bond donors (Lipinski definition) is 0. The number of furan rings is 1. The molecular weight excluding hydrogens is 282 g/mol.